The van der Waals surface area contributed by atoms with Crippen molar-refractivity contribution in [2.24, 2.45) is 5.10 Å². The molecule has 2 rings (SSSR count). The molecular formula is C10H9N3O2. The van der Waals surface area contributed by atoms with Gasteiger partial charge in [0.05, 0.1) is 12.1 Å². The lowest BCUT2D eigenvalue weighted by atomic mass is 10.1. The van der Waals surface area contributed by atoms with Gasteiger partial charge in [0.2, 0.25) is 12.3 Å². The third kappa shape index (κ3) is 2.01. The molecule has 76 valence electrons. The lowest BCUT2D eigenvalue weighted by Crippen LogP contribution is -2.09. The number of hydrogen-bond donors (Lipinski definition) is 2. The maximum atomic E-state index is 10.9. The predicted molar refractivity (Wildman–Crippen MR) is 55.4 cm³/mol. The van der Waals surface area contributed by atoms with Gasteiger partial charge in [-0.3, -0.25) is 9.59 Å². The van der Waals surface area contributed by atoms with Crippen LogP contribution in [0.4, 0.5) is 5.69 Å². The van der Waals surface area contributed by atoms with Crippen LogP contribution in [0.3, 0.4) is 0 Å². The molecule has 1 heterocycles. The second-order valence-electron chi connectivity index (χ2n) is 3.11. The van der Waals surface area contributed by atoms with E-state index in [-0.39, 0.29) is 5.91 Å². The first-order valence-electron chi connectivity index (χ1n) is 4.45. The fourth-order valence-corrected chi connectivity index (χ4v) is 1.35. The Bertz CT molecular complexity index is 423. The molecule has 2 amide bonds. The van der Waals surface area contributed by atoms with Crippen LogP contribution in [0.2, 0.25) is 0 Å². The van der Waals surface area contributed by atoms with E-state index in [1.165, 1.54) is 0 Å². The molecule has 0 fully saturated rings. The summed E-state index contributed by atoms with van der Waals surface area (Å²) in [5.74, 6) is -0.0971. The molecule has 0 saturated heterocycles. The lowest BCUT2D eigenvalue weighted by molar-refractivity contribution is -0.119. The summed E-state index contributed by atoms with van der Waals surface area (Å²) in [6.07, 6.45) is 0.924. The Morgan fingerprint density at radius 2 is 2.07 bits per heavy atom. The summed E-state index contributed by atoms with van der Waals surface area (Å²) in [4.78, 5) is 21.1. The Hall–Kier alpha value is -2.17. The van der Waals surface area contributed by atoms with Gasteiger partial charge in [-0.1, -0.05) is 12.1 Å². The Morgan fingerprint density at radius 1 is 1.33 bits per heavy atom. The number of carbonyl (C=O) groups is 2. The fourth-order valence-electron chi connectivity index (χ4n) is 1.35. The number of rotatable bonds is 3. The maximum Gasteiger partial charge on any atom is 0.246 e. The highest BCUT2D eigenvalue weighted by molar-refractivity contribution is 6.13. The molecule has 1 aliphatic rings. The van der Waals surface area contributed by atoms with Crippen molar-refractivity contribution in [3.05, 3.63) is 29.8 Å². The number of nitrogens with one attached hydrogen (secondary N) is 2. The van der Waals surface area contributed by atoms with Crippen LogP contribution in [-0.4, -0.2) is 18.0 Å². The molecule has 5 heteroatoms. The number of amides is 2. The predicted octanol–water partition coefficient (Wildman–Crippen LogP) is 0.479. The summed E-state index contributed by atoms with van der Waals surface area (Å²) in [5, 5.41) is 6.42. The molecular weight excluding hydrogens is 194 g/mol. The van der Waals surface area contributed by atoms with Gasteiger partial charge in [0.15, 0.2) is 0 Å². The Balaban J connectivity index is 2.17. The van der Waals surface area contributed by atoms with Crippen LogP contribution in [0.25, 0.3) is 0 Å². The molecule has 0 atom stereocenters. The minimum Gasteiger partial charge on any atom is -0.329 e. The van der Waals surface area contributed by atoms with Gasteiger partial charge in [-0.05, 0) is 17.7 Å². The molecule has 15 heavy (non-hydrogen) atoms. The van der Waals surface area contributed by atoms with Gasteiger partial charge in [0, 0.05) is 5.69 Å². The molecule has 0 aromatic heterocycles. The Kier molecular flexibility index (Phi) is 2.45. The second kappa shape index (κ2) is 3.91. The van der Waals surface area contributed by atoms with Gasteiger partial charge < -0.3 is 5.32 Å². The number of carbonyl (C=O) groups excluding carboxylic acids is 2. The van der Waals surface area contributed by atoms with Crippen molar-refractivity contribution in [2.45, 2.75) is 6.42 Å². The Labute approximate surface area is 86.2 Å². The topological polar surface area (TPSA) is 70.6 Å². The molecule has 0 bridgehead atoms. The van der Waals surface area contributed by atoms with E-state index in [9.17, 15) is 9.59 Å². The molecule has 5 nitrogen and oxygen atoms in total. The van der Waals surface area contributed by atoms with Crippen molar-refractivity contribution in [3.8, 4) is 0 Å². The smallest absolute Gasteiger partial charge is 0.246 e. The van der Waals surface area contributed by atoms with Crippen molar-refractivity contribution >= 4 is 23.7 Å². The summed E-state index contributed by atoms with van der Waals surface area (Å²) >= 11 is 0. The van der Waals surface area contributed by atoms with Crippen LogP contribution in [-0.2, 0) is 9.59 Å². The third-order valence-corrected chi connectivity index (χ3v) is 2.09. The van der Waals surface area contributed by atoms with Crippen molar-refractivity contribution < 1.29 is 9.59 Å². The molecule has 2 N–H and O–H groups in total. The fraction of sp³-hybridized carbons (Fsp3) is 0.100. The first-order valence-corrected chi connectivity index (χ1v) is 4.45. The molecule has 0 radical (unpaired) electrons. The molecule has 1 aliphatic heterocycles. The summed E-state index contributed by atoms with van der Waals surface area (Å²) < 4.78 is 0. The molecule has 0 unspecified atom stereocenters. The molecule has 1 aromatic carbocycles. The second-order valence-corrected chi connectivity index (χ2v) is 3.11. The minimum atomic E-state index is -0.0971. The van der Waals surface area contributed by atoms with E-state index in [4.69, 9.17) is 0 Å². The average molecular weight is 203 g/mol. The number of anilines is 1. The molecule has 1 aromatic rings. The average Bonchev–Trinajstić information content (AvgIpc) is 2.67. The van der Waals surface area contributed by atoms with E-state index in [2.05, 4.69) is 15.8 Å². The van der Waals surface area contributed by atoms with E-state index in [1.807, 2.05) is 12.1 Å². The van der Waals surface area contributed by atoms with Crippen molar-refractivity contribution in [1.82, 2.24) is 5.43 Å². The van der Waals surface area contributed by atoms with Crippen LogP contribution >= 0.6 is 0 Å². The highest BCUT2D eigenvalue weighted by atomic mass is 16.2. The Morgan fingerprint density at radius 3 is 2.60 bits per heavy atom. The molecule has 0 spiro atoms. The monoisotopic (exact) mass is 203 g/mol. The van der Waals surface area contributed by atoms with Gasteiger partial charge in [0.25, 0.3) is 0 Å². The van der Waals surface area contributed by atoms with Gasteiger partial charge in [-0.2, -0.15) is 5.10 Å². The van der Waals surface area contributed by atoms with Crippen molar-refractivity contribution in [2.75, 3.05) is 5.32 Å². The van der Waals surface area contributed by atoms with Crippen LogP contribution in [0, 0.1) is 0 Å². The summed E-state index contributed by atoms with van der Waals surface area (Å²) in [5.41, 5.74) is 4.70. The normalized spacial score (nSPS) is 14.4. The minimum absolute atomic E-state index is 0.0971. The zero-order valence-corrected chi connectivity index (χ0v) is 7.86. The largest absolute Gasteiger partial charge is 0.329 e. The zero-order valence-electron chi connectivity index (χ0n) is 7.86. The van der Waals surface area contributed by atoms with Gasteiger partial charge >= 0.3 is 0 Å². The van der Waals surface area contributed by atoms with Gasteiger partial charge in [-0.25, -0.2) is 5.43 Å². The molecule has 0 aliphatic carbocycles. The van der Waals surface area contributed by atoms with E-state index in [1.54, 1.807) is 12.1 Å². The van der Waals surface area contributed by atoms with Crippen LogP contribution < -0.4 is 10.7 Å². The van der Waals surface area contributed by atoms with Gasteiger partial charge in [0.1, 0.15) is 0 Å². The number of hydrazone groups is 1. The SMILES string of the molecule is O=CNc1ccc(C2=NNC(=O)C2)cc1. The van der Waals surface area contributed by atoms with Crippen LogP contribution in [0.5, 0.6) is 0 Å². The van der Waals surface area contributed by atoms with E-state index in [0.717, 1.165) is 11.3 Å². The highest BCUT2D eigenvalue weighted by Gasteiger charge is 2.15. The maximum absolute atomic E-state index is 10.9. The van der Waals surface area contributed by atoms with E-state index >= 15 is 0 Å². The van der Waals surface area contributed by atoms with Crippen LogP contribution in [0.1, 0.15) is 12.0 Å². The molecule has 0 saturated carbocycles. The summed E-state index contributed by atoms with van der Waals surface area (Å²) in [7, 11) is 0. The number of benzene rings is 1. The lowest BCUT2D eigenvalue weighted by Gasteiger charge is -2.00. The van der Waals surface area contributed by atoms with E-state index < -0.39 is 0 Å². The first-order chi connectivity index (χ1) is 7.29. The first kappa shape index (κ1) is 9.39. The summed E-state index contributed by atoms with van der Waals surface area (Å²) in [6.45, 7) is 0. The number of hydrogen-bond acceptors (Lipinski definition) is 3. The van der Waals surface area contributed by atoms with Gasteiger partial charge in [-0.15, -0.1) is 0 Å². The van der Waals surface area contributed by atoms with E-state index in [0.29, 0.717) is 18.5 Å². The van der Waals surface area contributed by atoms with Crippen molar-refractivity contribution in [3.63, 3.8) is 0 Å². The van der Waals surface area contributed by atoms with Crippen molar-refractivity contribution in [1.29, 1.82) is 0 Å². The number of nitrogens with zero attached hydrogens (tertiary/aromatic N) is 1. The summed E-state index contributed by atoms with van der Waals surface area (Å²) in [6, 6.07) is 7.14. The standard InChI is InChI=1S/C10H9N3O2/c14-6-11-8-3-1-7(2-4-8)9-5-10(15)13-12-9/h1-4,6H,5H2,(H,11,14)(H,13,15). The quantitative estimate of drug-likeness (QED) is 0.701. The zero-order chi connectivity index (χ0) is 10.7. The third-order valence-electron chi connectivity index (χ3n) is 2.09. The highest BCUT2D eigenvalue weighted by Crippen LogP contribution is 2.12. The van der Waals surface area contributed by atoms with Crippen LogP contribution in [0.15, 0.2) is 29.4 Å².